The van der Waals surface area contributed by atoms with E-state index in [4.69, 9.17) is 18.6 Å². The van der Waals surface area contributed by atoms with E-state index in [1.807, 2.05) is 0 Å². The third-order valence-corrected chi connectivity index (χ3v) is 12.1. The average Bonchev–Trinajstić information content (AvgIpc) is 3.53. The largest absolute Gasteiger partial charge is 0.495 e. The van der Waals surface area contributed by atoms with Gasteiger partial charge in [-0.3, -0.25) is 0 Å². The molecule has 0 amide bonds. The molecule has 2 aromatic carbocycles. The van der Waals surface area contributed by atoms with Crippen molar-refractivity contribution in [3.63, 3.8) is 0 Å². The van der Waals surface area contributed by atoms with Gasteiger partial charge in [0.1, 0.15) is 0 Å². The Labute approximate surface area is 288 Å². The van der Waals surface area contributed by atoms with Gasteiger partial charge in [-0.25, -0.2) is 0 Å². The summed E-state index contributed by atoms with van der Waals surface area (Å²) in [6.07, 6.45) is 17.8. The Bertz CT molecular complexity index is 1330. The van der Waals surface area contributed by atoms with Crippen molar-refractivity contribution in [2.45, 2.75) is 187 Å². The minimum absolute atomic E-state index is 0.348. The van der Waals surface area contributed by atoms with Gasteiger partial charge in [0.15, 0.2) is 0 Å². The van der Waals surface area contributed by atoms with Crippen molar-refractivity contribution < 1.29 is 18.6 Å². The summed E-state index contributed by atoms with van der Waals surface area (Å²) < 4.78 is 26.5. The minimum Gasteiger partial charge on any atom is -0.399 e. The van der Waals surface area contributed by atoms with E-state index in [1.165, 1.54) is 110 Å². The van der Waals surface area contributed by atoms with Crippen LogP contribution in [0.4, 0.5) is 0 Å². The van der Waals surface area contributed by atoms with Crippen LogP contribution in [0.15, 0.2) is 30.3 Å². The molecule has 47 heavy (non-hydrogen) atoms. The van der Waals surface area contributed by atoms with Crippen LogP contribution in [0.2, 0.25) is 0 Å². The number of unbranched alkanes of at least 4 members (excludes halogenated alkanes) is 10. The van der Waals surface area contributed by atoms with Crippen molar-refractivity contribution >= 4 is 25.2 Å². The second-order valence-electron chi connectivity index (χ2n) is 16.7. The van der Waals surface area contributed by atoms with E-state index < -0.39 is 0 Å². The molecule has 1 atom stereocenters. The average molecular weight is 643 g/mol. The fourth-order valence-corrected chi connectivity index (χ4v) is 7.69. The minimum atomic E-state index is -0.368. The molecule has 0 bridgehead atoms. The lowest BCUT2D eigenvalue weighted by Crippen LogP contribution is -2.41. The van der Waals surface area contributed by atoms with Crippen LogP contribution in [-0.4, -0.2) is 36.6 Å². The van der Waals surface area contributed by atoms with E-state index >= 15 is 0 Å². The molecule has 5 rings (SSSR count). The highest BCUT2D eigenvalue weighted by molar-refractivity contribution is 6.63. The predicted octanol–water partition coefficient (Wildman–Crippen LogP) is 10.1. The second-order valence-corrected chi connectivity index (χ2v) is 16.7. The van der Waals surface area contributed by atoms with Crippen molar-refractivity contribution in [2.24, 2.45) is 0 Å². The van der Waals surface area contributed by atoms with Crippen LogP contribution < -0.4 is 10.9 Å². The first kappa shape index (κ1) is 36.7. The summed E-state index contributed by atoms with van der Waals surface area (Å²) in [7, 11) is -0.703. The number of rotatable bonds is 16. The molecule has 2 aliphatic heterocycles. The Balaban J connectivity index is 1.52. The van der Waals surface area contributed by atoms with Gasteiger partial charge in [-0.15, -0.1) is 0 Å². The van der Waals surface area contributed by atoms with Crippen molar-refractivity contribution in [3.8, 4) is 11.1 Å². The third kappa shape index (κ3) is 7.62. The molecule has 2 saturated heterocycles. The van der Waals surface area contributed by atoms with E-state index in [-0.39, 0.29) is 36.6 Å². The molecule has 0 N–H and O–H groups in total. The van der Waals surface area contributed by atoms with Crippen LogP contribution in [-0.2, 0) is 25.0 Å². The first-order valence-corrected chi connectivity index (χ1v) is 19.2. The molecule has 1 unspecified atom stereocenters. The number of fused-ring (bicyclic) bond motifs is 3. The molecule has 0 saturated carbocycles. The Morgan fingerprint density at radius 3 is 1.62 bits per heavy atom. The second kappa shape index (κ2) is 14.7. The molecule has 0 aromatic heterocycles. The summed E-state index contributed by atoms with van der Waals surface area (Å²) in [5.74, 6) is 0.353. The van der Waals surface area contributed by atoms with Gasteiger partial charge in [-0.2, -0.15) is 0 Å². The molecule has 0 spiro atoms. The van der Waals surface area contributed by atoms with Gasteiger partial charge in [-0.1, -0.05) is 115 Å². The lowest BCUT2D eigenvalue weighted by Gasteiger charge is -2.32. The Kier molecular flexibility index (Phi) is 11.5. The lowest BCUT2D eigenvalue weighted by molar-refractivity contribution is 0.00578. The molecule has 2 fully saturated rings. The van der Waals surface area contributed by atoms with Crippen molar-refractivity contribution in [3.05, 3.63) is 47.0 Å². The highest BCUT2D eigenvalue weighted by Gasteiger charge is 2.53. The Morgan fingerprint density at radius 1 is 0.553 bits per heavy atom. The number of hydrogen-bond acceptors (Lipinski definition) is 4. The predicted molar refractivity (Wildman–Crippen MR) is 200 cm³/mol. The van der Waals surface area contributed by atoms with E-state index in [9.17, 15) is 0 Å². The molecule has 3 aliphatic rings. The van der Waals surface area contributed by atoms with Crippen molar-refractivity contribution in [2.75, 3.05) is 0 Å². The quantitative estimate of drug-likeness (QED) is 0.135. The monoisotopic (exact) mass is 642 g/mol. The zero-order valence-corrected chi connectivity index (χ0v) is 31.7. The number of benzene rings is 2. The summed E-state index contributed by atoms with van der Waals surface area (Å²) >= 11 is 0. The lowest BCUT2D eigenvalue weighted by atomic mass is 9.71. The highest BCUT2D eigenvalue weighted by atomic mass is 16.7. The first-order valence-electron chi connectivity index (χ1n) is 19.2. The standard InChI is InChI=1S/C41H64B2O4/c1-11-13-15-17-19-21-23-32-35-29-30(42-44-38(3,4)39(5,6)45-42)25-26-31(35)33-27-28-36(43-46-40(7,8)41(9,10)47-43)34(37(32)33)24-22-20-18-16-14-12-2/h25-29,32H,11-24H2,1-10H3. The maximum absolute atomic E-state index is 6.73. The maximum atomic E-state index is 6.73. The molecule has 4 nitrogen and oxygen atoms in total. The fraction of sp³-hybridized carbons (Fsp3) is 0.707. The van der Waals surface area contributed by atoms with Crippen molar-refractivity contribution in [1.29, 1.82) is 0 Å². The van der Waals surface area contributed by atoms with Gasteiger partial charge in [-0.05, 0) is 113 Å². The molecule has 258 valence electrons. The van der Waals surface area contributed by atoms with Gasteiger partial charge in [0, 0.05) is 5.92 Å². The summed E-state index contributed by atoms with van der Waals surface area (Å²) in [6.45, 7) is 21.8. The molecule has 6 heteroatoms. The normalized spacial score (nSPS) is 21.8. The molecule has 0 radical (unpaired) electrons. The van der Waals surface area contributed by atoms with E-state index in [2.05, 4.69) is 99.6 Å². The summed E-state index contributed by atoms with van der Waals surface area (Å²) in [5.41, 5.74) is 8.13. The van der Waals surface area contributed by atoms with Gasteiger partial charge in [0.25, 0.3) is 0 Å². The zero-order valence-electron chi connectivity index (χ0n) is 31.7. The Morgan fingerprint density at radius 2 is 1.04 bits per heavy atom. The van der Waals surface area contributed by atoms with Gasteiger partial charge >= 0.3 is 14.2 Å². The topological polar surface area (TPSA) is 36.9 Å². The van der Waals surface area contributed by atoms with Crippen LogP contribution in [0, 0.1) is 0 Å². The highest BCUT2D eigenvalue weighted by Crippen LogP contribution is 2.49. The summed E-state index contributed by atoms with van der Waals surface area (Å²) in [5, 5.41) is 0. The Hall–Kier alpha value is -1.59. The smallest absolute Gasteiger partial charge is 0.399 e. The van der Waals surface area contributed by atoms with Crippen molar-refractivity contribution in [1.82, 2.24) is 0 Å². The van der Waals surface area contributed by atoms with E-state index in [0.717, 1.165) is 18.3 Å². The van der Waals surface area contributed by atoms with Crippen LogP contribution >= 0.6 is 0 Å². The SMILES string of the molecule is CCCCCCCCc1c(B2OC(C)(C)C(C)(C)O2)ccc2c1C(CCCCCCCC)c1cc(B3OC(C)(C)C(C)(C)O3)ccc1-2. The fourth-order valence-electron chi connectivity index (χ4n) is 7.69. The van der Waals surface area contributed by atoms with Crippen LogP contribution in [0.5, 0.6) is 0 Å². The van der Waals surface area contributed by atoms with E-state index in [1.54, 1.807) is 0 Å². The van der Waals surface area contributed by atoms with Crippen LogP contribution in [0.25, 0.3) is 11.1 Å². The zero-order chi connectivity index (χ0) is 34.0. The van der Waals surface area contributed by atoms with E-state index in [0.29, 0.717) is 5.92 Å². The summed E-state index contributed by atoms with van der Waals surface area (Å²) in [4.78, 5) is 0. The first-order chi connectivity index (χ1) is 22.2. The van der Waals surface area contributed by atoms with Crippen LogP contribution in [0.3, 0.4) is 0 Å². The molecular weight excluding hydrogens is 578 g/mol. The maximum Gasteiger partial charge on any atom is 0.495 e. The molecule has 2 heterocycles. The van der Waals surface area contributed by atoms with Crippen LogP contribution in [0.1, 0.15) is 175 Å². The number of hydrogen-bond donors (Lipinski definition) is 0. The van der Waals surface area contributed by atoms with Gasteiger partial charge < -0.3 is 18.6 Å². The molecule has 1 aliphatic carbocycles. The summed E-state index contributed by atoms with van der Waals surface area (Å²) in [6, 6.07) is 11.7. The van der Waals surface area contributed by atoms with Gasteiger partial charge in [0.2, 0.25) is 0 Å². The molecule has 2 aromatic rings. The third-order valence-electron chi connectivity index (χ3n) is 12.1. The molecular formula is C41H64B2O4. The van der Waals surface area contributed by atoms with Gasteiger partial charge in [0.05, 0.1) is 22.4 Å².